The lowest BCUT2D eigenvalue weighted by atomic mass is 10.1. The summed E-state index contributed by atoms with van der Waals surface area (Å²) in [4.78, 5) is 2.35. The third-order valence-electron chi connectivity index (χ3n) is 3.79. The summed E-state index contributed by atoms with van der Waals surface area (Å²) in [5.74, 6) is 0.905. The molecule has 0 saturated heterocycles. The Morgan fingerprint density at radius 2 is 1.79 bits per heavy atom. The molecule has 0 fully saturated rings. The van der Waals surface area contributed by atoms with E-state index in [1.165, 1.54) is 0 Å². The second-order valence-corrected chi connectivity index (χ2v) is 8.85. The number of sulfone groups is 1. The third kappa shape index (κ3) is 5.06. The standard InChI is InChI=1S/C18H22BrNO3S/c1-14-4-9-18(23-3)15(12-14)13-20(2)10-11-24(21,22)17-7-5-16(19)6-8-17/h4-9,12H,10-11,13H2,1-3H3. The lowest BCUT2D eigenvalue weighted by molar-refractivity contribution is 0.333. The van der Waals surface area contributed by atoms with Gasteiger partial charge in [0, 0.05) is 23.1 Å². The van der Waals surface area contributed by atoms with E-state index in [0.717, 1.165) is 21.3 Å². The Balaban J connectivity index is 2.01. The summed E-state index contributed by atoms with van der Waals surface area (Å²) in [5, 5.41) is 0. The van der Waals surface area contributed by atoms with Crippen LogP contribution in [0.1, 0.15) is 11.1 Å². The Kier molecular flexibility index (Phi) is 6.43. The quantitative estimate of drug-likeness (QED) is 0.696. The van der Waals surface area contributed by atoms with E-state index in [1.807, 2.05) is 31.0 Å². The molecule has 0 amide bonds. The molecule has 0 spiro atoms. The highest BCUT2D eigenvalue weighted by atomic mass is 79.9. The van der Waals surface area contributed by atoms with Crippen LogP contribution in [0.2, 0.25) is 0 Å². The van der Waals surface area contributed by atoms with Crippen LogP contribution in [0.5, 0.6) is 5.75 Å². The van der Waals surface area contributed by atoms with Crippen molar-refractivity contribution in [3.63, 3.8) is 0 Å². The van der Waals surface area contributed by atoms with Crippen LogP contribution in [0.3, 0.4) is 0 Å². The summed E-state index contributed by atoms with van der Waals surface area (Å²) in [6.45, 7) is 3.12. The van der Waals surface area contributed by atoms with Gasteiger partial charge >= 0.3 is 0 Å². The second-order valence-electron chi connectivity index (χ2n) is 5.83. The summed E-state index contributed by atoms with van der Waals surface area (Å²) in [5.41, 5.74) is 2.21. The van der Waals surface area contributed by atoms with Crippen LogP contribution in [0.4, 0.5) is 0 Å². The SMILES string of the molecule is COc1ccc(C)cc1CN(C)CCS(=O)(=O)c1ccc(Br)cc1. The van der Waals surface area contributed by atoms with Crippen LogP contribution < -0.4 is 4.74 Å². The summed E-state index contributed by atoms with van der Waals surface area (Å²) in [6, 6.07) is 12.8. The van der Waals surface area contributed by atoms with E-state index in [-0.39, 0.29) is 5.75 Å². The van der Waals surface area contributed by atoms with Crippen LogP contribution in [-0.4, -0.2) is 39.8 Å². The largest absolute Gasteiger partial charge is 0.496 e. The van der Waals surface area contributed by atoms with Crippen molar-refractivity contribution in [3.05, 3.63) is 58.1 Å². The first-order chi connectivity index (χ1) is 11.3. The van der Waals surface area contributed by atoms with Crippen LogP contribution in [0.15, 0.2) is 51.8 Å². The second kappa shape index (κ2) is 8.14. The molecule has 24 heavy (non-hydrogen) atoms. The van der Waals surface area contributed by atoms with Crippen molar-refractivity contribution in [2.45, 2.75) is 18.4 Å². The minimum Gasteiger partial charge on any atom is -0.496 e. The molecule has 0 bridgehead atoms. The van der Waals surface area contributed by atoms with E-state index < -0.39 is 9.84 Å². The minimum absolute atomic E-state index is 0.0826. The normalized spacial score (nSPS) is 11.7. The maximum atomic E-state index is 12.4. The van der Waals surface area contributed by atoms with Crippen LogP contribution in [0, 0.1) is 6.92 Å². The van der Waals surface area contributed by atoms with Gasteiger partial charge in [-0.1, -0.05) is 33.6 Å². The van der Waals surface area contributed by atoms with E-state index in [4.69, 9.17) is 4.74 Å². The van der Waals surface area contributed by atoms with Crippen molar-refractivity contribution in [1.82, 2.24) is 4.90 Å². The van der Waals surface area contributed by atoms with Gasteiger partial charge in [0.1, 0.15) is 5.75 Å². The molecule has 2 rings (SSSR count). The molecule has 0 unspecified atom stereocenters. The van der Waals surface area contributed by atoms with Crippen LogP contribution in [0.25, 0.3) is 0 Å². The topological polar surface area (TPSA) is 46.6 Å². The summed E-state index contributed by atoms with van der Waals surface area (Å²) >= 11 is 3.32. The number of aryl methyl sites for hydroxylation is 1. The molecule has 6 heteroatoms. The van der Waals surface area contributed by atoms with Gasteiger partial charge in [-0.05, 0) is 44.3 Å². The van der Waals surface area contributed by atoms with Gasteiger partial charge in [0.2, 0.25) is 0 Å². The Hall–Kier alpha value is -1.37. The van der Waals surface area contributed by atoms with E-state index in [9.17, 15) is 8.42 Å². The van der Waals surface area contributed by atoms with Gasteiger partial charge < -0.3 is 9.64 Å². The molecule has 4 nitrogen and oxygen atoms in total. The first-order valence-electron chi connectivity index (χ1n) is 7.62. The van der Waals surface area contributed by atoms with Crippen molar-refractivity contribution < 1.29 is 13.2 Å². The zero-order valence-corrected chi connectivity index (χ0v) is 16.5. The number of ether oxygens (including phenoxy) is 1. The Bertz CT molecular complexity index is 788. The maximum Gasteiger partial charge on any atom is 0.179 e. The zero-order chi connectivity index (χ0) is 17.7. The minimum atomic E-state index is -3.28. The fraction of sp³-hybridized carbons (Fsp3) is 0.333. The van der Waals surface area contributed by atoms with Crippen molar-refractivity contribution in [3.8, 4) is 5.75 Å². The summed E-state index contributed by atoms with van der Waals surface area (Å²) in [6.07, 6.45) is 0. The van der Waals surface area contributed by atoms with Crippen molar-refractivity contribution in [2.75, 3.05) is 26.5 Å². The highest BCUT2D eigenvalue weighted by Gasteiger charge is 2.16. The third-order valence-corrected chi connectivity index (χ3v) is 6.03. The number of hydrogen-bond acceptors (Lipinski definition) is 4. The molecule has 0 aliphatic heterocycles. The molecule has 2 aromatic carbocycles. The number of rotatable bonds is 7. The molecular weight excluding hydrogens is 390 g/mol. The van der Waals surface area contributed by atoms with Crippen LogP contribution >= 0.6 is 15.9 Å². The van der Waals surface area contributed by atoms with Gasteiger partial charge in [0.05, 0.1) is 17.8 Å². The monoisotopic (exact) mass is 411 g/mol. The zero-order valence-electron chi connectivity index (χ0n) is 14.1. The molecule has 0 aromatic heterocycles. The molecule has 0 aliphatic carbocycles. The molecule has 130 valence electrons. The van der Waals surface area contributed by atoms with Gasteiger partial charge in [-0.15, -0.1) is 0 Å². The Labute approximate surface area is 152 Å². The van der Waals surface area contributed by atoms with E-state index in [2.05, 4.69) is 22.0 Å². The molecule has 2 aromatic rings. The van der Waals surface area contributed by atoms with Gasteiger partial charge in [0.15, 0.2) is 9.84 Å². The summed E-state index contributed by atoms with van der Waals surface area (Å²) < 4.78 is 31.1. The van der Waals surface area contributed by atoms with Crippen molar-refractivity contribution in [1.29, 1.82) is 0 Å². The Morgan fingerprint density at radius 3 is 2.42 bits per heavy atom. The fourth-order valence-electron chi connectivity index (χ4n) is 2.44. The lowest BCUT2D eigenvalue weighted by Crippen LogP contribution is -2.25. The number of nitrogens with zero attached hydrogens (tertiary/aromatic N) is 1. The number of hydrogen-bond donors (Lipinski definition) is 0. The average Bonchev–Trinajstić information content (AvgIpc) is 2.54. The molecule has 0 heterocycles. The predicted molar refractivity (Wildman–Crippen MR) is 100 cm³/mol. The maximum absolute atomic E-state index is 12.4. The fourth-order valence-corrected chi connectivity index (χ4v) is 4.04. The highest BCUT2D eigenvalue weighted by Crippen LogP contribution is 2.21. The van der Waals surface area contributed by atoms with Crippen LogP contribution in [-0.2, 0) is 16.4 Å². The molecule has 0 saturated carbocycles. The van der Waals surface area contributed by atoms with E-state index in [0.29, 0.717) is 18.0 Å². The van der Waals surface area contributed by atoms with Gasteiger partial charge in [0.25, 0.3) is 0 Å². The predicted octanol–water partition coefficient (Wildman–Crippen LogP) is 3.67. The number of benzene rings is 2. The molecular formula is C18H22BrNO3S. The highest BCUT2D eigenvalue weighted by molar-refractivity contribution is 9.10. The Morgan fingerprint density at radius 1 is 1.12 bits per heavy atom. The van der Waals surface area contributed by atoms with Gasteiger partial charge in [-0.2, -0.15) is 0 Å². The smallest absolute Gasteiger partial charge is 0.179 e. The summed E-state index contributed by atoms with van der Waals surface area (Å²) in [7, 11) is 0.279. The molecule has 0 N–H and O–H groups in total. The number of halogens is 1. The lowest BCUT2D eigenvalue weighted by Gasteiger charge is -2.19. The first-order valence-corrected chi connectivity index (χ1v) is 10.1. The number of methoxy groups -OCH3 is 1. The molecule has 0 aliphatic rings. The van der Waals surface area contributed by atoms with Crippen molar-refractivity contribution >= 4 is 25.8 Å². The molecule has 0 radical (unpaired) electrons. The van der Waals surface area contributed by atoms with E-state index >= 15 is 0 Å². The van der Waals surface area contributed by atoms with Gasteiger partial charge in [-0.25, -0.2) is 8.42 Å². The first kappa shape index (κ1) is 19.0. The average molecular weight is 412 g/mol. The van der Waals surface area contributed by atoms with E-state index in [1.54, 1.807) is 31.4 Å². The van der Waals surface area contributed by atoms with Crippen molar-refractivity contribution in [2.24, 2.45) is 0 Å². The van der Waals surface area contributed by atoms with Gasteiger partial charge in [-0.3, -0.25) is 0 Å². The molecule has 0 atom stereocenters.